The van der Waals surface area contributed by atoms with Gasteiger partial charge in [-0.05, 0) is 13.8 Å². The van der Waals surface area contributed by atoms with Gasteiger partial charge in [0.25, 0.3) is 0 Å². The number of hydrogen-bond acceptors (Lipinski definition) is 4. The predicted octanol–water partition coefficient (Wildman–Crippen LogP) is 1.58. The Hall–Kier alpha value is -1.63. The van der Waals surface area contributed by atoms with Crippen molar-refractivity contribution in [2.45, 2.75) is 39.8 Å². The third kappa shape index (κ3) is 3.44. The summed E-state index contributed by atoms with van der Waals surface area (Å²) >= 11 is 1.43. The van der Waals surface area contributed by atoms with Crippen LogP contribution in [0.1, 0.15) is 31.3 Å². The molecule has 2 heterocycles. The Kier molecular flexibility index (Phi) is 4.04. The zero-order chi connectivity index (χ0) is 14.0. The Bertz CT molecular complexity index is 498. The fourth-order valence-corrected chi connectivity index (χ4v) is 2.93. The zero-order valence-corrected chi connectivity index (χ0v) is 12.1. The number of nitrogens with one attached hydrogen (secondary N) is 2. The molecule has 2 N–H and O–H groups in total. The lowest BCUT2D eigenvalue weighted by atomic mass is 10.2. The standard InChI is InChI=1S/C12H18N4O2S/c1-7(2)13-11(18)15-12-14-9-4-5-16(8(3)17)6-10(9)19-12/h7H,4-6H2,1-3H3,(H2,13,14,15,18). The van der Waals surface area contributed by atoms with E-state index in [4.69, 9.17) is 0 Å². The van der Waals surface area contributed by atoms with Crippen molar-refractivity contribution in [3.8, 4) is 0 Å². The molecule has 0 fully saturated rings. The van der Waals surface area contributed by atoms with Gasteiger partial charge in [-0.25, -0.2) is 9.78 Å². The second-order valence-electron chi connectivity index (χ2n) is 4.83. The molecule has 0 saturated carbocycles. The number of thiazole rings is 1. The second-order valence-corrected chi connectivity index (χ2v) is 5.92. The van der Waals surface area contributed by atoms with Crippen LogP contribution in [0.5, 0.6) is 0 Å². The summed E-state index contributed by atoms with van der Waals surface area (Å²) in [6, 6.07) is -0.160. The van der Waals surface area contributed by atoms with Crippen LogP contribution in [0.2, 0.25) is 0 Å². The van der Waals surface area contributed by atoms with E-state index in [9.17, 15) is 9.59 Å². The van der Waals surface area contributed by atoms with Crippen LogP contribution in [0.3, 0.4) is 0 Å². The molecule has 0 aromatic carbocycles. The minimum Gasteiger partial charge on any atom is -0.337 e. The summed E-state index contributed by atoms with van der Waals surface area (Å²) in [5.41, 5.74) is 0.988. The molecule has 2 rings (SSSR count). The Morgan fingerprint density at radius 1 is 1.42 bits per heavy atom. The number of amides is 3. The van der Waals surface area contributed by atoms with Crippen LogP contribution in [-0.4, -0.2) is 34.4 Å². The van der Waals surface area contributed by atoms with Crippen molar-refractivity contribution in [1.29, 1.82) is 0 Å². The topological polar surface area (TPSA) is 74.3 Å². The van der Waals surface area contributed by atoms with Crippen molar-refractivity contribution in [2.24, 2.45) is 0 Å². The lowest BCUT2D eigenvalue weighted by Gasteiger charge is -2.24. The van der Waals surface area contributed by atoms with Crippen molar-refractivity contribution in [3.05, 3.63) is 10.6 Å². The quantitative estimate of drug-likeness (QED) is 0.865. The Labute approximate surface area is 116 Å². The van der Waals surface area contributed by atoms with Crippen LogP contribution in [0.15, 0.2) is 0 Å². The van der Waals surface area contributed by atoms with Gasteiger partial charge in [-0.3, -0.25) is 10.1 Å². The Balaban J connectivity index is 2.03. The summed E-state index contributed by atoms with van der Waals surface area (Å²) in [7, 11) is 0. The van der Waals surface area contributed by atoms with E-state index in [1.54, 1.807) is 11.8 Å². The third-order valence-corrected chi connectivity index (χ3v) is 3.81. The number of fused-ring (bicyclic) bond motifs is 1. The highest BCUT2D eigenvalue weighted by molar-refractivity contribution is 7.15. The second kappa shape index (κ2) is 5.56. The minimum atomic E-state index is -0.246. The van der Waals surface area contributed by atoms with Gasteiger partial charge in [0.2, 0.25) is 5.91 Å². The maximum absolute atomic E-state index is 11.6. The molecule has 1 aromatic rings. The minimum absolute atomic E-state index is 0.0751. The number of carbonyl (C=O) groups excluding carboxylic acids is 2. The summed E-state index contributed by atoms with van der Waals surface area (Å²) < 4.78 is 0. The molecule has 1 aliphatic heterocycles. The average Bonchev–Trinajstić information content (AvgIpc) is 2.68. The van der Waals surface area contributed by atoms with Crippen LogP contribution in [-0.2, 0) is 17.8 Å². The first-order valence-electron chi connectivity index (χ1n) is 6.27. The molecule has 6 nitrogen and oxygen atoms in total. The smallest absolute Gasteiger partial charge is 0.321 e. The largest absolute Gasteiger partial charge is 0.337 e. The van der Waals surface area contributed by atoms with Gasteiger partial charge in [0, 0.05) is 30.8 Å². The van der Waals surface area contributed by atoms with E-state index in [1.165, 1.54) is 11.3 Å². The molecule has 0 atom stereocenters. The molecule has 7 heteroatoms. The first kappa shape index (κ1) is 13.8. The molecule has 0 aliphatic carbocycles. The third-order valence-electron chi connectivity index (χ3n) is 2.82. The molecule has 19 heavy (non-hydrogen) atoms. The molecule has 0 bridgehead atoms. The monoisotopic (exact) mass is 282 g/mol. The van der Waals surface area contributed by atoms with E-state index < -0.39 is 0 Å². The number of rotatable bonds is 2. The number of aromatic nitrogens is 1. The van der Waals surface area contributed by atoms with Crippen LogP contribution < -0.4 is 10.6 Å². The predicted molar refractivity (Wildman–Crippen MR) is 74.2 cm³/mol. The van der Waals surface area contributed by atoms with Gasteiger partial charge >= 0.3 is 6.03 Å². The number of carbonyl (C=O) groups is 2. The fraction of sp³-hybridized carbons (Fsp3) is 0.583. The van der Waals surface area contributed by atoms with Crippen LogP contribution in [0.4, 0.5) is 9.93 Å². The van der Waals surface area contributed by atoms with Crippen LogP contribution in [0.25, 0.3) is 0 Å². The lowest BCUT2D eigenvalue weighted by molar-refractivity contribution is -0.129. The number of anilines is 1. The molecular weight excluding hydrogens is 264 g/mol. The van der Waals surface area contributed by atoms with Gasteiger partial charge in [0.1, 0.15) is 0 Å². The highest BCUT2D eigenvalue weighted by Gasteiger charge is 2.22. The molecule has 0 radical (unpaired) electrons. The molecule has 3 amide bonds. The lowest BCUT2D eigenvalue weighted by Crippen LogP contribution is -2.34. The molecule has 0 saturated heterocycles. The van der Waals surface area contributed by atoms with E-state index in [2.05, 4.69) is 15.6 Å². The maximum Gasteiger partial charge on any atom is 0.321 e. The number of nitrogens with zero attached hydrogens (tertiary/aromatic N) is 2. The van der Waals surface area contributed by atoms with E-state index in [0.29, 0.717) is 18.2 Å². The average molecular weight is 282 g/mol. The maximum atomic E-state index is 11.6. The molecule has 104 valence electrons. The van der Waals surface area contributed by atoms with Gasteiger partial charge in [0.05, 0.1) is 12.2 Å². The van der Waals surface area contributed by atoms with Crippen molar-refractivity contribution >= 4 is 28.4 Å². The number of urea groups is 1. The van der Waals surface area contributed by atoms with Gasteiger partial charge in [-0.1, -0.05) is 11.3 Å². The van der Waals surface area contributed by atoms with Gasteiger partial charge < -0.3 is 10.2 Å². The highest BCUT2D eigenvalue weighted by atomic mass is 32.1. The van der Waals surface area contributed by atoms with Crippen molar-refractivity contribution < 1.29 is 9.59 Å². The highest BCUT2D eigenvalue weighted by Crippen LogP contribution is 2.28. The van der Waals surface area contributed by atoms with Gasteiger partial charge in [0.15, 0.2) is 5.13 Å². The van der Waals surface area contributed by atoms with Gasteiger partial charge in [-0.15, -0.1) is 0 Å². The molecule has 1 aromatic heterocycles. The SMILES string of the molecule is CC(=O)N1CCc2nc(NC(=O)NC(C)C)sc2C1. The first-order valence-corrected chi connectivity index (χ1v) is 7.09. The summed E-state index contributed by atoms with van der Waals surface area (Å²) in [6.07, 6.45) is 0.749. The Morgan fingerprint density at radius 3 is 2.79 bits per heavy atom. The molecule has 0 spiro atoms. The molecule has 0 unspecified atom stereocenters. The zero-order valence-electron chi connectivity index (χ0n) is 11.3. The first-order chi connectivity index (χ1) is 8.95. The molecule has 1 aliphatic rings. The fourth-order valence-electron chi connectivity index (χ4n) is 1.91. The summed E-state index contributed by atoms with van der Waals surface area (Å²) in [5, 5.41) is 6.07. The van der Waals surface area contributed by atoms with E-state index in [0.717, 1.165) is 17.0 Å². The van der Waals surface area contributed by atoms with Crippen molar-refractivity contribution in [1.82, 2.24) is 15.2 Å². The van der Waals surface area contributed by atoms with E-state index in [1.807, 2.05) is 13.8 Å². The summed E-state index contributed by atoms with van der Waals surface area (Å²) in [4.78, 5) is 30.2. The summed E-state index contributed by atoms with van der Waals surface area (Å²) in [6.45, 7) is 6.66. The van der Waals surface area contributed by atoms with Crippen molar-refractivity contribution in [3.63, 3.8) is 0 Å². The Morgan fingerprint density at radius 2 is 2.16 bits per heavy atom. The van der Waals surface area contributed by atoms with Crippen LogP contribution >= 0.6 is 11.3 Å². The molecular formula is C12H18N4O2S. The number of hydrogen-bond donors (Lipinski definition) is 2. The summed E-state index contributed by atoms with van der Waals surface area (Å²) in [5.74, 6) is 0.0751. The van der Waals surface area contributed by atoms with Crippen molar-refractivity contribution in [2.75, 3.05) is 11.9 Å². The normalized spacial score (nSPS) is 14.2. The van der Waals surface area contributed by atoms with E-state index >= 15 is 0 Å². The van der Waals surface area contributed by atoms with Crippen LogP contribution in [0, 0.1) is 0 Å². The van der Waals surface area contributed by atoms with Gasteiger partial charge in [-0.2, -0.15) is 0 Å². The van der Waals surface area contributed by atoms with E-state index in [-0.39, 0.29) is 18.0 Å².